The first-order valence-corrected chi connectivity index (χ1v) is 5.06. The van der Waals surface area contributed by atoms with Crippen LogP contribution in [0.1, 0.15) is 11.4 Å². The monoisotopic (exact) mass is 351 g/mol. The van der Waals surface area contributed by atoms with E-state index < -0.39 is 31.1 Å². The highest BCUT2D eigenvalue weighted by molar-refractivity contribution is 14.1. The van der Waals surface area contributed by atoms with Gasteiger partial charge < -0.3 is 9.84 Å². The van der Waals surface area contributed by atoms with E-state index in [1.807, 2.05) is 0 Å². The molecule has 1 aromatic rings. The van der Waals surface area contributed by atoms with Crippen LogP contribution < -0.4 is 4.74 Å². The maximum absolute atomic E-state index is 12.4. The molecule has 90 valence electrons. The molecule has 0 unspecified atom stereocenters. The largest absolute Gasteiger partial charge is 0.573 e. The second kappa shape index (κ2) is 5.13. The predicted octanol–water partition coefficient (Wildman–Crippen LogP) is 2.55. The van der Waals surface area contributed by atoms with Gasteiger partial charge in [-0.2, -0.15) is 0 Å². The molecule has 16 heavy (non-hydrogen) atoms. The third-order valence-electron chi connectivity index (χ3n) is 1.59. The Balaban J connectivity index is 3.13. The molecule has 0 amide bonds. The topological polar surface area (TPSA) is 42.4 Å². The van der Waals surface area contributed by atoms with Gasteiger partial charge in [-0.1, -0.05) is 0 Å². The predicted molar refractivity (Wildman–Crippen MR) is 54.4 cm³/mol. The van der Waals surface area contributed by atoms with E-state index in [4.69, 9.17) is 5.11 Å². The lowest BCUT2D eigenvalue weighted by Gasteiger charge is -2.12. The van der Waals surface area contributed by atoms with Gasteiger partial charge in [-0.15, -0.1) is 13.2 Å². The molecule has 0 spiro atoms. The summed E-state index contributed by atoms with van der Waals surface area (Å²) in [7, 11) is 0. The molecule has 3 nitrogen and oxygen atoms in total. The van der Waals surface area contributed by atoms with Crippen molar-refractivity contribution in [2.24, 2.45) is 0 Å². The molecule has 8 heteroatoms. The molecule has 1 aromatic heterocycles. The Labute approximate surface area is 102 Å². The average Bonchev–Trinajstić information content (AvgIpc) is 2.16. The van der Waals surface area contributed by atoms with Crippen LogP contribution in [0, 0.1) is 3.57 Å². The first kappa shape index (κ1) is 13.4. The van der Waals surface area contributed by atoms with Crippen LogP contribution in [0.4, 0.5) is 17.6 Å². The van der Waals surface area contributed by atoms with Crippen LogP contribution in [0.15, 0.2) is 6.07 Å². The lowest BCUT2D eigenvalue weighted by atomic mass is 10.3. The van der Waals surface area contributed by atoms with Gasteiger partial charge in [-0.25, -0.2) is 9.37 Å². The minimum atomic E-state index is -4.89. The summed E-state index contributed by atoms with van der Waals surface area (Å²) in [5.74, 6) is -0.684. The number of hydrogen-bond acceptors (Lipinski definition) is 3. The SMILES string of the molecule is OCc1nc(CF)c(OC(F)(F)F)cc1I. The number of hydrogen-bond donors (Lipinski definition) is 1. The molecule has 0 aliphatic rings. The number of pyridine rings is 1. The van der Waals surface area contributed by atoms with Gasteiger partial charge in [0.2, 0.25) is 0 Å². The van der Waals surface area contributed by atoms with Crippen molar-refractivity contribution in [3.63, 3.8) is 0 Å². The number of aliphatic hydroxyl groups is 1. The smallest absolute Gasteiger partial charge is 0.404 e. The Kier molecular flexibility index (Phi) is 4.30. The quantitative estimate of drug-likeness (QED) is 0.673. The second-order valence-electron chi connectivity index (χ2n) is 2.70. The summed E-state index contributed by atoms with van der Waals surface area (Å²) in [6.07, 6.45) is -4.89. The van der Waals surface area contributed by atoms with E-state index in [9.17, 15) is 17.6 Å². The van der Waals surface area contributed by atoms with Crippen molar-refractivity contribution in [2.75, 3.05) is 0 Å². The van der Waals surface area contributed by atoms with Crippen LogP contribution in [0.3, 0.4) is 0 Å². The van der Waals surface area contributed by atoms with Crippen LogP contribution in [-0.2, 0) is 13.3 Å². The maximum atomic E-state index is 12.4. The highest BCUT2D eigenvalue weighted by atomic mass is 127. The molecule has 0 saturated carbocycles. The minimum absolute atomic E-state index is 0.114. The molecule has 0 bridgehead atoms. The fraction of sp³-hybridized carbons (Fsp3) is 0.375. The van der Waals surface area contributed by atoms with E-state index in [1.165, 1.54) is 0 Å². The van der Waals surface area contributed by atoms with Crippen molar-refractivity contribution in [1.82, 2.24) is 4.98 Å². The third-order valence-corrected chi connectivity index (χ3v) is 2.52. The van der Waals surface area contributed by atoms with Crippen molar-refractivity contribution in [3.8, 4) is 5.75 Å². The van der Waals surface area contributed by atoms with Crippen molar-refractivity contribution in [1.29, 1.82) is 0 Å². The number of alkyl halides is 4. The van der Waals surface area contributed by atoms with E-state index in [0.717, 1.165) is 6.07 Å². The lowest BCUT2D eigenvalue weighted by molar-refractivity contribution is -0.275. The number of aromatic nitrogens is 1. The van der Waals surface area contributed by atoms with E-state index in [1.54, 1.807) is 22.6 Å². The third kappa shape index (κ3) is 3.44. The van der Waals surface area contributed by atoms with Crippen molar-refractivity contribution in [3.05, 3.63) is 21.0 Å². The van der Waals surface area contributed by atoms with Gasteiger partial charge >= 0.3 is 6.36 Å². The first-order chi connectivity index (χ1) is 7.37. The zero-order valence-electron chi connectivity index (χ0n) is 7.68. The van der Waals surface area contributed by atoms with E-state index in [2.05, 4.69) is 9.72 Å². The number of aliphatic hydroxyl groups excluding tert-OH is 1. The molecular formula is C8H6F4INO2. The van der Waals surface area contributed by atoms with Gasteiger partial charge in [-0.05, 0) is 28.7 Å². The molecular weight excluding hydrogens is 345 g/mol. The van der Waals surface area contributed by atoms with Crippen LogP contribution in [0.25, 0.3) is 0 Å². The van der Waals surface area contributed by atoms with Crippen LogP contribution in [0.2, 0.25) is 0 Å². The molecule has 1 heterocycles. The van der Waals surface area contributed by atoms with Crippen molar-refractivity contribution >= 4 is 22.6 Å². The molecule has 0 aliphatic heterocycles. The van der Waals surface area contributed by atoms with Crippen LogP contribution >= 0.6 is 22.6 Å². The van der Waals surface area contributed by atoms with Crippen molar-refractivity contribution in [2.45, 2.75) is 19.6 Å². The summed E-state index contributed by atoms with van der Waals surface area (Å²) in [4.78, 5) is 3.54. The van der Waals surface area contributed by atoms with Gasteiger partial charge in [0.1, 0.15) is 12.4 Å². The number of nitrogens with zero attached hydrogens (tertiary/aromatic N) is 1. The van der Waals surface area contributed by atoms with Crippen molar-refractivity contribution < 1.29 is 27.4 Å². The van der Waals surface area contributed by atoms with Gasteiger partial charge in [0.25, 0.3) is 0 Å². The molecule has 0 fully saturated rings. The summed E-state index contributed by atoms with van der Waals surface area (Å²) in [5, 5.41) is 8.81. The molecule has 0 radical (unpaired) electrons. The molecule has 1 rings (SSSR count). The fourth-order valence-corrected chi connectivity index (χ4v) is 1.55. The molecule has 0 saturated heterocycles. The summed E-state index contributed by atoms with van der Waals surface area (Å²) in [5.41, 5.74) is -0.371. The van der Waals surface area contributed by atoms with Crippen LogP contribution in [0.5, 0.6) is 5.75 Å². The van der Waals surface area contributed by atoms with Gasteiger partial charge in [-0.3, -0.25) is 0 Å². The van der Waals surface area contributed by atoms with Gasteiger partial charge in [0.15, 0.2) is 5.75 Å². The molecule has 1 N–H and O–H groups in total. The second-order valence-corrected chi connectivity index (χ2v) is 3.86. The number of rotatable bonds is 3. The van der Waals surface area contributed by atoms with E-state index in [0.29, 0.717) is 0 Å². The molecule has 0 aromatic carbocycles. The molecule has 0 atom stereocenters. The Hall–Kier alpha value is -0.640. The Morgan fingerprint density at radius 2 is 2.00 bits per heavy atom. The lowest BCUT2D eigenvalue weighted by Crippen LogP contribution is -2.19. The highest BCUT2D eigenvalue weighted by Crippen LogP contribution is 2.28. The normalized spacial score (nSPS) is 11.6. The Morgan fingerprint density at radius 3 is 2.44 bits per heavy atom. The number of ether oxygens (including phenoxy) is 1. The fourth-order valence-electron chi connectivity index (χ4n) is 0.973. The average molecular weight is 351 g/mol. The van der Waals surface area contributed by atoms with Gasteiger partial charge in [0.05, 0.1) is 12.3 Å². The Morgan fingerprint density at radius 1 is 1.38 bits per heavy atom. The summed E-state index contributed by atoms with van der Waals surface area (Å²) < 4.78 is 52.1. The summed E-state index contributed by atoms with van der Waals surface area (Å²) in [6, 6.07) is 0.988. The zero-order valence-corrected chi connectivity index (χ0v) is 9.84. The van der Waals surface area contributed by atoms with E-state index >= 15 is 0 Å². The first-order valence-electron chi connectivity index (χ1n) is 3.98. The Bertz CT molecular complexity index is 383. The van der Waals surface area contributed by atoms with Crippen LogP contribution in [-0.4, -0.2) is 16.5 Å². The summed E-state index contributed by atoms with van der Waals surface area (Å²) in [6.45, 7) is -1.67. The number of halogens is 5. The van der Waals surface area contributed by atoms with E-state index in [-0.39, 0.29) is 9.26 Å². The molecule has 0 aliphatic carbocycles. The summed E-state index contributed by atoms with van der Waals surface area (Å²) >= 11 is 1.68. The maximum Gasteiger partial charge on any atom is 0.573 e. The highest BCUT2D eigenvalue weighted by Gasteiger charge is 2.32. The minimum Gasteiger partial charge on any atom is -0.404 e. The van der Waals surface area contributed by atoms with Gasteiger partial charge in [0, 0.05) is 3.57 Å². The standard InChI is InChI=1S/C8H6F4INO2/c9-2-5-7(16-8(10,11)12)1-4(13)6(3-15)14-5/h1,15H,2-3H2. The zero-order chi connectivity index (χ0) is 12.3.